The number of imidazole rings is 1. The number of nitrogens with zero attached hydrogens (tertiary/aromatic N) is 7. The molecule has 11 nitrogen and oxygen atoms in total. The van der Waals surface area contributed by atoms with Crippen LogP contribution in [0.3, 0.4) is 0 Å². The van der Waals surface area contributed by atoms with Crippen LogP contribution in [0.2, 0.25) is 0 Å². The fourth-order valence-electron chi connectivity index (χ4n) is 3.61. The van der Waals surface area contributed by atoms with Crippen molar-refractivity contribution < 1.29 is 8.42 Å². The summed E-state index contributed by atoms with van der Waals surface area (Å²) in [5.41, 5.74) is 5.17. The average Bonchev–Trinajstić information content (AvgIpc) is 3.48. The van der Waals surface area contributed by atoms with E-state index in [2.05, 4.69) is 35.3 Å². The third-order valence-electron chi connectivity index (χ3n) is 5.53. The summed E-state index contributed by atoms with van der Waals surface area (Å²) in [4.78, 5) is 21.0. The third-order valence-corrected chi connectivity index (χ3v) is 6.70. The van der Waals surface area contributed by atoms with E-state index in [1.807, 2.05) is 43.7 Å². The van der Waals surface area contributed by atoms with Gasteiger partial charge in [-0.1, -0.05) is 12.1 Å². The lowest BCUT2D eigenvalue weighted by Crippen LogP contribution is -2.27. The average molecular weight is 490 g/mol. The third kappa shape index (κ3) is 4.68. The standard InChI is InChI=1S/C23H23N9O2S/c1-31-14-17(11-28-31)15-6-7-19-20(9-15)30-22(29-19)21-26-12-18(13-27-21)25-10-16-5-4-8-24-23(16)32(2)35(3,33)34/h4-9,11-14,25H,10H2,1-3H3,(H,29,30). The van der Waals surface area contributed by atoms with Crippen LogP contribution in [0.4, 0.5) is 11.5 Å². The van der Waals surface area contributed by atoms with Crippen molar-refractivity contribution in [2.75, 3.05) is 22.9 Å². The summed E-state index contributed by atoms with van der Waals surface area (Å²) in [6.45, 7) is 0.355. The smallest absolute Gasteiger partial charge is 0.233 e. The molecule has 1 aromatic carbocycles. The molecule has 0 saturated carbocycles. The summed E-state index contributed by atoms with van der Waals surface area (Å²) in [5.74, 6) is 1.40. The lowest BCUT2D eigenvalue weighted by Gasteiger charge is -2.19. The highest BCUT2D eigenvalue weighted by atomic mass is 32.2. The number of fused-ring (bicyclic) bond motifs is 1. The van der Waals surface area contributed by atoms with E-state index in [1.165, 1.54) is 7.05 Å². The van der Waals surface area contributed by atoms with Crippen LogP contribution in [-0.4, -0.2) is 56.4 Å². The molecule has 5 rings (SSSR count). The van der Waals surface area contributed by atoms with Crippen molar-refractivity contribution in [3.05, 3.63) is 66.9 Å². The van der Waals surface area contributed by atoms with E-state index < -0.39 is 10.0 Å². The predicted octanol–water partition coefficient (Wildman–Crippen LogP) is 2.82. The van der Waals surface area contributed by atoms with Crippen LogP contribution in [-0.2, 0) is 23.6 Å². The quantitative estimate of drug-likeness (QED) is 0.356. The Morgan fingerprint density at radius 3 is 2.60 bits per heavy atom. The van der Waals surface area contributed by atoms with Gasteiger partial charge < -0.3 is 10.3 Å². The number of hydrogen-bond donors (Lipinski definition) is 2. The summed E-state index contributed by atoms with van der Waals surface area (Å²) in [6.07, 6.45) is 9.80. The van der Waals surface area contributed by atoms with E-state index in [0.717, 1.165) is 38.3 Å². The minimum absolute atomic E-state index is 0.355. The van der Waals surface area contributed by atoms with Crippen LogP contribution in [0.15, 0.2) is 61.3 Å². The number of anilines is 2. The summed E-state index contributed by atoms with van der Waals surface area (Å²) >= 11 is 0. The number of aryl methyl sites for hydroxylation is 1. The number of aromatic amines is 1. The first-order chi connectivity index (χ1) is 16.8. The molecular formula is C23H23N9O2S. The number of rotatable bonds is 7. The molecule has 0 aliphatic heterocycles. The predicted molar refractivity (Wildman–Crippen MR) is 134 cm³/mol. The molecule has 0 aliphatic carbocycles. The van der Waals surface area contributed by atoms with Gasteiger partial charge in [0.25, 0.3) is 0 Å². The summed E-state index contributed by atoms with van der Waals surface area (Å²) < 4.78 is 26.8. The minimum Gasteiger partial charge on any atom is -0.378 e. The van der Waals surface area contributed by atoms with Crippen LogP contribution in [0, 0.1) is 0 Å². The first-order valence-corrected chi connectivity index (χ1v) is 12.6. The Kier molecular flexibility index (Phi) is 5.65. The van der Waals surface area contributed by atoms with Crippen molar-refractivity contribution >= 4 is 32.6 Å². The van der Waals surface area contributed by atoms with Gasteiger partial charge in [0, 0.05) is 44.2 Å². The maximum absolute atomic E-state index is 11.9. The SMILES string of the molecule is CN(c1ncccc1CNc1cnc(-c2nc3ccc(-c4cnn(C)c4)cc3[nH]2)nc1)S(C)(=O)=O. The number of hydrogen-bond acceptors (Lipinski definition) is 8. The minimum atomic E-state index is -3.42. The first kappa shape index (κ1) is 22.5. The largest absolute Gasteiger partial charge is 0.378 e. The molecule has 0 aliphatic rings. The first-order valence-electron chi connectivity index (χ1n) is 10.7. The van der Waals surface area contributed by atoms with E-state index in [1.54, 1.807) is 29.3 Å². The Bertz CT molecular complexity index is 1610. The summed E-state index contributed by atoms with van der Waals surface area (Å²) in [7, 11) is -0.0595. The number of pyridine rings is 1. The second kappa shape index (κ2) is 8.80. The van der Waals surface area contributed by atoms with E-state index in [9.17, 15) is 8.42 Å². The Morgan fingerprint density at radius 1 is 1.09 bits per heavy atom. The summed E-state index contributed by atoms with van der Waals surface area (Å²) in [6, 6.07) is 9.56. The van der Waals surface area contributed by atoms with Crippen molar-refractivity contribution in [3.8, 4) is 22.8 Å². The molecule has 5 aromatic rings. The molecule has 0 atom stereocenters. The van der Waals surface area contributed by atoms with E-state index in [0.29, 0.717) is 29.7 Å². The van der Waals surface area contributed by atoms with Gasteiger partial charge in [-0.3, -0.25) is 8.99 Å². The Morgan fingerprint density at radius 2 is 1.89 bits per heavy atom. The molecule has 0 bridgehead atoms. The van der Waals surface area contributed by atoms with Gasteiger partial charge in [-0.15, -0.1) is 0 Å². The summed E-state index contributed by atoms with van der Waals surface area (Å²) in [5, 5.41) is 7.44. The van der Waals surface area contributed by atoms with Crippen molar-refractivity contribution in [2.45, 2.75) is 6.54 Å². The van der Waals surface area contributed by atoms with Crippen molar-refractivity contribution in [3.63, 3.8) is 0 Å². The normalized spacial score (nSPS) is 11.6. The zero-order valence-corrected chi connectivity index (χ0v) is 20.2. The van der Waals surface area contributed by atoms with E-state index >= 15 is 0 Å². The number of H-pyrrole nitrogens is 1. The molecule has 0 amide bonds. The molecule has 0 saturated heterocycles. The van der Waals surface area contributed by atoms with E-state index in [-0.39, 0.29) is 0 Å². The molecule has 35 heavy (non-hydrogen) atoms. The number of aromatic nitrogens is 7. The number of nitrogens with one attached hydrogen (secondary N) is 2. The maximum atomic E-state index is 11.9. The Hall–Kier alpha value is -4.32. The zero-order valence-electron chi connectivity index (χ0n) is 19.3. The van der Waals surface area contributed by atoms with Gasteiger partial charge in [-0.25, -0.2) is 28.4 Å². The molecule has 0 fully saturated rings. The molecule has 0 unspecified atom stereocenters. The van der Waals surface area contributed by atoms with Gasteiger partial charge in [0.2, 0.25) is 10.0 Å². The molecule has 178 valence electrons. The monoisotopic (exact) mass is 489 g/mol. The fourth-order valence-corrected chi connectivity index (χ4v) is 4.09. The molecule has 2 N–H and O–H groups in total. The van der Waals surface area contributed by atoms with Crippen LogP contribution in [0.5, 0.6) is 0 Å². The highest BCUT2D eigenvalue weighted by Gasteiger charge is 2.17. The highest BCUT2D eigenvalue weighted by Crippen LogP contribution is 2.25. The van der Waals surface area contributed by atoms with Gasteiger partial charge in [0.1, 0.15) is 5.82 Å². The maximum Gasteiger partial charge on any atom is 0.233 e. The molecule has 0 spiro atoms. The molecule has 12 heteroatoms. The van der Waals surface area contributed by atoms with Crippen molar-refractivity contribution in [2.24, 2.45) is 7.05 Å². The fraction of sp³-hybridized carbons (Fsp3) is 0.174. The Labute approximate surface area is 202 Å². The zero-order chi connectivity index (χ0) is 24.6. The molecular weight excluding hydrogens is 466 g/mol. The molecule has 4 heterocycles. The van der Waals surface area contributed by atoms with Crippen LogP contribution in [0.25, 0.3) is 33.8 Å². The van der Waals surface area contributed by atoms with Gasteiger partial charge in [-0.05, 0) is 23.8 Å². The topological polar surface area (TPSA) is 135 Å². The van der Waals surface area contributed by atoms with Crippen LogP contribution < -0.4 is 9.62 Å². The van der Waals surface area contributed by atoms with Crippen LogP contribution >= 0.6 is 0 Å². The van der Waals surface area contributed by atoms with Gasteiger partial charge in [-0.2, -0.15) is 5.10 Å². The second-order valence-corrected chi connectivity index (χ2v) is 10.1. The number of benzene rings is 1. The van der Waals surface area contributed by atoms with Gasteiger partial charge in [0.15, 0.2) is 11.6 Å². The molecule has 4 aromatic heterocycles. The van der Waals surface area contributed by atoms with Crippen molar-refractivity contribution in [1.29, 1.82) is 0 Å². The Balaban J connectivity index is 1.33. The van der Waals surface area contributed by atoms with Gasteiger partial charge in [0.05, 0.1) is 41.6 Å². The molecule has 0 radical (unpaired) electrons. The highest BCUT2D eigenvalue weighted by molar-refractivity contribution is 7.92. The lowest BCUT2D eigenvalue weighted by atomic mass is 10.1. The van der Waals surface area contributed by atoms with Gasteiger partial charge >= 0.3 is 0 Å². The second-order valence-electron chi connectivity index (χ2n) is 8.09. The van der Waals surface area contributed by atoms with Crippen LogP contribution in [0.1, 0.15) is 5.56 Å². The lowest BCUT2D eigenvalue weighted by molar-refractivity contribution is 0.599. The van der Waals surface area contributed by atoms with E-state index in [4.69, 9.17) is 0 Å². The number of sulfonamides is 1. The van der Waals surface area contributed by atoms with Crippen molar-refractivity contribution in [1.82, 2.24) is 34.7 Å².